The maximum Gasteiger partial charge on any atom is 0.222 e. The summed E-state index contributed by atoms with van der Waals surface area (Å²) in [6.07, 6.45) is -0.0936. The van der Waals surface area contributed by atoms with Gasteiger partial charge < -0.3 is 15.8 Å². The predicted octanol–water partition coefficient (Wildman–Crippen LogP) is 1.88. The summed E-state index contributed by atoms with van der Waals surface area (Å²) in [6, 6.07) is 4.31. The van der Waals surface area contributed by atoms with E-state index in [1.807, 2.05) is 0 Å². The summed E-state index contributed by atoms with van der Waals surface area (Å²) in [5, 5.41) is 2.73. The van der Waals surface area contributed by atoms with E-state index in [0.29, 0.717) is 6.54 Å². The van der Waals surface area contributed by atoms with Gasteiger partial charge in [0, 0.05) is 20.2 Å². The molecule has 0 bridgehead atoms. The third-order valence-corrected chi connectivity index (χ3v) is 2.77. The molecule has 1 aromatic rings. The van der Waals surface area contributed by atoms with Crippen LogP contribution in [0.15, 0.2) is 18.2 Å². The minimum Gasteiger partial charge on any atom is -0.380 e. The van der Waals surface area contributed by atoms with Crippen LogP contribution in [0, 0.1) is 5.82 Å². The number of carbonyl (C=O) groups is 1. The molecule has 0 aliphatic rings. The Morgan fingerprint density at radius 3 is 2.79 bits per heavy atom. The Labute approximate surface area is 122 Å². The van der Waals surface area contributed by atoms with Gasteiger partial charge >= 0.3 is 0 Å². The van der Waals surface area contributed by atoms with E-state index in [9.17, 15) is 9.18 Å². The number of hydrogen-bond acceptors (Lipinski definition) is 3. The zero-order valence-electron chi connectivity index (χ0n) is 10.5. The Bertz CT molecular complexity index is 415. The SMILES string of the molecule is COC(CN)CC(=O)NCc1ccc(F)c(Cl)c1.Cl. The molecule has 0 fully saturated rings. The topological polar surface area (TPSA) is 64.3 Å². The van der Waals surface area contributed by atoms with Crippen molar-refractivity contribution in [1.82, 2.24) is 5.32 Å². The van der Waals surface area contributed by atoms with Gasteiger partial charge in [0.25, 0.3) is 0 Å². The summed E-state index contributed by atoms with van der Waals surface area (Å²) in [4.78, 5) is 11.5. The van der Waals surface area contributed by atoms with Crippen LogP contribution in [-0.4, -0.2) is 25.7 Å². The Hall–Kier alpha value is -0.880. The molecule has 4 nitrogen and oxygen atoms in total. The molecule has 108 valence electrons. The Morgan fingerprint density at radius 1 is 1.58 bits per heavy atom. The second kappa shape index (κ2) is 9.09. The molecule has 1 rings (SSSR count). The van der Waals surface area contributed by atoms with Gasteiger partial charge in [-0.15, -0.1) is 12.4 Å². The number of amides is 1. The monoisotopic (exact) mass is 310 g/mol. The first-order valence-electron chi connectivity index (χ1n) is 5.50. The van der Waals surface area contributed by atoms with E-state index in [1.165, 1.54) is 19.2 Å². The molecule has 1 atom stereocenters. The summed E-state index contributed by atoms with van der Waals surface area (Å²) in [7, 11) is 1.50. The number of rotatable bonds is 6. The molecule has 1 amide bonds. The fourth-order valence-corrected chi connectivity index (χ4v) is 1.60. The number of hydrogen-bond donors (Lipinski definition) is 2. The van der Waals surface area contributed by atoms with Crippen LogP contribution in [-0.2, 0) is 16.1 Å². The lowest BCUT2D eigenvalue weighted by Crippen LogP contribution is -2.31. The van der Waals surface area contributed by atoms with Gasteiger partial charge in [-0.2, -0.15) is 0 Å². The van der Waals surface area contributed by atoms with Crippen LogP contribution in [0.2, 0.25) is 5.02 Å². The van der Waals surface area contributed by atoms with Crippen molar-refractivity contribution in [3.8, 4) is 0 Å². The van der Waals surface area contributed by atoms with Gasteiger partial charge in [-0.1, -0.05) is 17.7 Å². The standard InChI is InChI=1S/C12H16ClFN2O2.ClH/c1-18-9(6-15)5-12(17)16-7-8-2-3-11(14)10(13)4-8;/h2-4,9H,5-7,15H2,1H3,(H,16,17);1H. The third-order valence-electron chi connectivity index (χ3n) is 2.48. The lowest BCUT2D eigenvalue weighted by Gasteiger charge is -2.12. The molecule has 0 spiro atoms. The van der Waals surface area contributed by atoms with Crippen LogP contribution in [0.5, 0.6) is 0 Å². The van der Waals surface area contributed by atoms with Crippen LogP contribution in [0.3, 0.4) is 0 Å². The van der Waals surface area contributed by atoms with Gasteiger partial charge in [0.15, 0.2) is 0 Å². The van der Waals surface area contributed by atoms with E-state index in [1.54, 1.807) is 6.07 Å². The van der Waals surface area contributed by atoms with E-state index in [0.717, 1.165) is 5.56 Å². The van der Waals surface area contributed by atoms with E-state index in [4.69, 9.17) is 22.1 Å². The summed E-state index contributed by atoms with van der Waals surface area (Å²) in [5.41, 5.74) is 6.14. The molecule has 0 aliphatic heterocycles. The quantitative estimate of drug-likeness (QED) is 0.843. The first-order chi connectivity index (χ1) is 8.56. The van der Waals surface area contributed by atoms with Gasteiger partial charge in [-0.25, -0.2) is 4.39 Å². The maximum absolute atomic E-state index is 12.9. The van der Waals surface area contributed by atoms with Gasteiger partial charge in [0.2, 0.25) is 5.91 Å². The Kier molecular flexibility index (Phi) is 8.67. The average Bonchev–Trinajstić information content (AvgIpc) is 2.37. The number of nitrogens with two attached hydrogens (primary N) is 1. The zero-order chi connectivity index (χ0) is 13.5. The molecule has 1 aromatic carbocycles. The molecule has 1 unspecified atom stereocenters. The van der Waals surface area contributed by atoms with Gasteiger partial charge in [0.1, 0.15) is 5.82 Å². The van der Waals surface area contributed by atoms with Gasteiger partial charge in [-0.05, 0) is 17.7 Å². The smallest absolute Gasteiger partial charge is 0.222 e. The predicted molar refractivity (Wildman–Crippen MR) is 75.0 cm³/mol. The average molecular weight is 311 g/mol. The fraction of sp³-hybridized carbons (Fsp3) is 0.417. The first-order valence-corrected chi connectivity index (χ1v) is 5.88. The molecule has 7 heteroatoms. The van der Waals surface area contributed by atoms with Crippen LogP contribution in [0.1, 0.15) is 12.0 Å². The largest absolute Gasteiger partial charge is 0.380 e. The molecule has 0 aromatic heterocycles. The van der Waals surface area contributed by atoms with Crippen molar-refractivity contribution in [1.29, 1.82) is 0 Å². The second-order valence-electron chi connectivity index (χ2n) is 3.82. The van der Waals surface area contributed by atoms with Crippen molar-refractivity contribution in [2.24, 2.45) is 5.73 Å². The van der Waals surface area contributed by atoms with Crippen LogP contribution < -0.4 is 11.1 Å². The van der Waals surface area contributed by atoms with E-state index < -0.39 is 5.82 Å². The van der Waals surface area contributed by atoms with Crippen molar-refractivity contribution < 1.29 is 13.9 Å². The lowest BCUT2D eigenvalue weighted by atomic mass is 10.2. The lowest BCUT2D eigenvalue weighted by molar-refractivity contribution is -0.123. The molecule has 0 heterocycles. The molecule has 0 saturated carbocycles. The van der Waals surface area contributed by atoms with Crippen molar-refractivity contribution in [3.05, 3.63) is 34.6 Å². The Balaban J connectivity index is 0.00000324. The number of nitrogens with one attached hydrogen (secondary N) is 1. The second-order valence-corrected chi connectivity index (χ2v) is 4.23. The molecule has 0 aliphatic carbocycles. The molecular weight excluding hydrogens is 294 g/mol. The van der Waals surface area contributed by atoms with E-state index >= 15 is 0 Å². The number of ether oxygens (including phenoxy) is 1. The van der Waals surface area contributed by atoms with Crippen LogP contribution in [0.4, 0.5) is 4.39 Å². The van der Waals surface area contributed by atoms with Crippen molar-refractivity contribution in [3.63, 3.8) is 0 Å². The molecule has 19 heavy (non-hydrogen) atoms. The fourth-order valence-electron chi connectivity index (χ4n) is 1.39. The summed E-state index contributed by atoms with van der Waals surface area (Å²) < 4.78 is 17.9. The van der Waals surface area contributed by atoms with Crippen LogP contribution in [0.25, 0.3) is 0 Å². The van der Waals surface area contributed by atoms with Crippen molar-refractivity contribution in [2.75, 3.05) is 13.7 Å². The van der Waals surface area contributed by atoms with Crippen molar-refractivity contribution in [2.45, 2.75) is 19.1 Å². The molecular formula is C12H17Cl2FN2O2. The molecule has 0 saturated heterocycles. The van der Waals surface area contributed by atoms with E-state index in [2.05, 4.69) is 5.32 Å². The summed E-state index contributed by atoms with van der Waals surface area (Å²) in [5.74, 6) is -0.651. The normalized spacial score (nSPS) is 11.6. The zero-order valence-corrected chi connectivity index (χ0v) is 12.1. The Morgan fingerprint density at radius 2 is 2.26 bits per heavy atom. The maximum atomic E-state index is 12.9. The molecule has 3 N–H and O–H groups in total. The highest BCUT2D eigenvalue weighted by Crippen LogP contribution is 2.15. The highest BCUT2D eigenvalue weighted by Gasteiger charge is 2.11. The highest BCUT2D eigenvalue weighted by molar-refractivity contribution is 6.30. The first kappa shape index (κ1) is 18.1. The van der Waals surface area contributed by atoms with Gasteiger partial charge in [0.05, 0.1) is 17.5 Å². The molecule has 0 radical (unpaired) electrons. The number of benzene rings is 1. The third kappa shape index (κ3) is 6.20. The van der Waals surface area contributed by atoms with Crippen LogP contribution >= 0.6 is 24.0 Å². The van der Waals surface area contributed by atoms with Gasteiger partial charge in [-0.3, -0.25) is 4.79 Å². The summed E-state index contributed by atoms with van der Waals surface area (Å²) in [6.45, 7) is 0.576. The minimum absolute atomic E-state index is 0. The van der Waals surface area contributed by atoms with Crippen molar-refractivity contribution >= 4 is 29.9 Å². The highest BCUT2D eigenvalue weighted by atomic mass is 35.5. The number of halogens is 3. The number of carbonyl (C=O) groups excluding carboxylic acids is 1. The number of methoxy groups -OCH3 is 1. The minimum atomic E-state index is -0.477. The summed E-state index contributed by atoms with van der Waals surface area (Å²) >= 11 is 5.63. The van der Waals surface area contributed by atoms with E-state index in [-0.39, 0.29) is 42.4 Å².